The van der Waals surface area contributed by atoms with E-state index in [2.05, 4.69) is 74.6 Å². The SMILES string of the molecule is CCCCCC/C=C\C/C=C\CCCCCCCCOCC(COP(=O)(O)OCCN)OC(=O)CCCCCCCCCC/C=C\C/C=C\C/C=C\CCCCCCC. The molecule has 9 heteroatoms. The lowest BCUT2D eigenvalue weighted by atomic mass is 10.1. The molecule has 0 amide bonds. The van der Waals surface area contributed by atoms with E-state index in [0.717, 1.165) is 70.6 Å². The highest BCUT2D eigenvalue weighted by atomic mass is 31.2. The van der Waals surface area contributed by atoms with E-state index in [1.54, 1.807) is 0 Å². The largest absolute Gasteiger partial charge is 0.472 e. The first-order valence-corrected chi connectivity index (χ1v) is 25.8. The van der Waals surface area contributed by atoms with Crippen molar-refractivity contribution < 1.29 is 32.8 Å². The Morgan fingerprint density at radius 3 is 1.36 bits per heavy atom. The van der Waals surface area contributed by atoms with Gasteiger partial charge in [-0.25, -0.2) is 4.57 Å². The van der Waals surface area contributed by atoms with Gasteiger partial charge in [-0.2, -0.15) is 0 Å². The summed E-state index contributed by atoms with van der Waals surface area (Å²) >= 11 is 0. The van der Waals surface area contributed by atoms with Crippen molar-refractivity contribution in [2.24, 2.45) is 5.73 Å². The van der Waals surface area contributed by atoms with Crippen LogP contribution in [0.25, 0.3) is 0 Å². The topological polar surface area (TPSA) is 117 Å². The monoisotopic (exact) mass is 850 g/mol. The molecule has 0 radical (unpaired) electrons. The first-order valence-electron chi connectivity index (χ1n) is 24.3. The minimum Gasteiger partial charge on any atom is -0.457 e. The smallest absolute Gasteiger partial charge is 0.457 e. The molecule has 0 saturated carbocycles. The zero-order valence-electron chi connectivity index (χ0n) is 38.2. The summed E-state index contributed by atoms with van der Waals surface area (Å²) in [6, 6.07) is 0. The van der Waals surface area contributed by atoms with Crippen LogP contribution in [-0.2, 0) is 27.9 Å². The molecule has 344 valence electrons. The van der Waals surface area contributed by atoms with Crippen LogP contribution in [-0.4, -0.2) is 49.9 Å². The van der Waals surface area contributed by atoms with Gasteiger partial charge < -0.3 is 20.1 Å². The highest BCUT2D eigenvalue weighted by Gasteiger charge is 2.25. The highest BCUT2D eigenvalue weighted by Crippen LogP contribution is 2.43. The molecule has 0 aromatic rings. The van der Waals surface area contributed by atoms with E-state index in [1.807, 2.05) is 0 Å². The minimum atomic E-state index is -4.29. The Kier molecular flexibility index (Phi) is 45.8. The van der Waals surface area contributed by atoms with Crippen molar-refractivity contribution in [1.29, 1.82) is 0 Å². The van der Waals surface area contributed by atoms with Gasteiger partial charge in [0.25, 0.3) is 0 Å². The standard InChI is InChI=1S/C50H92NO7P/c1-3-5-7-9-11-13-15-17-19-21-22-23-24-25-26-27-29-31-33-35-37-39-41-43-50(52)58-49(48-57-59(53,54)56-46-44-51)47-55-45-42-40-38-36-34-32-30-28-20-18-16-14-12-10-8-6-4-2/h14-17,20-22,24-25,28,49H,3-13,18-19,23,26-27,29-48,51H2,1-2H3,(H,53,54)/b16-14-,17-15-,22-21-,25-24-,28-20-. The number of carbonyl (C=O) groups excluding carboxylic acids is 1. The maximum Gasteiger partial charge on any atom is 0.472 e. The van der Waals surface area contributed by atoms with E-state index in [0.29, 0.717) is 13.0 Å². The van der Waals surface area contributed by atoms with Crippen LogP contribution >= 0.6 is 7.82 Å². The number of allylic oxidation sites excluding steroid dienone is 10. The normalized spacial score (nSPS) is 13.9. The van der Waals surface area contributed by atoms with Crippen molar-refractivity contribution in [2.45, 2.75) is 219 Å². The molecule has 59 heavy (non-hydrogen) atoms. The number of esters is 1. The van der Waals surface area contributed by atoms with E-state index in [4.69, 9.17) is 24.3 Å². The van der Waals surface area contributed by atoms with Crippen LogP contribution in [0, 0.1) is 0 Å². The van der Waals surface area contributed by atoms with Crippen molar-refractivity contribution in [1.82, 2.24) is 0 Å². The van der Waals surface area contributed by atoms with Gasteiger partial charge in [-0.3, -0.25) is 13.8 Å². The summed E-state index contributed by atoms with van der Waals surface area (Å²) in [6.45, 7) is 4.87. The third kappa shape index (κ3) is 47.1. The van der Waals surface area contributed by atoms with E-state index in [1.165, 1.54) is 122 Å². The van der Waals surface area contributed by atoms with Crippen molar-refractivity contribution >= 4 is 13.8 Å². The summed E-state index contributed by atoms with van der Waals surface area (Å²) in [4.78, 5) is 22.6. The Morgan fingerprint density at radius 1 is 0.508 bits per heavy atom. The number of hydrogen-bond acceptors (Lipinski definition) is 7. The average Bonchev–Trinajstić information content (AvgIpc) is 3.23. The second kappa shape index (κ2) is 47.3. The van der Waals surface area contributed by atoms with Gasteiger partial charge in [0.2, 0.25) is 0 Å². The summed E-state index contributed by atoms with van der Waals surface area (Å²) in [7, 11) is -4.29. The number of hydrogen-bond donors (Lipinski definition) is 2. The van der Waals surface area contributed by atoms with Crippen molar-refractivity contribution in [3.05, 3.63) is 60.8 Å². The number of phosphoric acid groups is 1. The van der Waals surface area contributed by atoms with Gasteiger partial charge in [-0.05, 0) is 83.5 Å². The molecular weight excluding hydrogens is 758 g/mol. The van der Waals surface area contributed by atoms with Gasteiger partial charge in [0, 0.05) is 19.6 Å². The van der Waals surface area contributed by atoms with Crippen molar-refractivity contribution in [3.63, 3.8) is 0 Å². The number of unbranched alkanes of at least 4 members (excludes halogenated alkanes) is 23. The van der Waals surface area contributed by atoms with Gasteiger partial charge in [0.05, 0.1) is 19.8 Å². The van der Waals surface area contributed by atoms with Crippen molar-refractivity contribution in [2.75, 3.05) is 33.0 Å². The molecule has 8 nitrogen and oxygen atoms in total. The third-order valence-corrected chi connectivity index (χ3v) is 11.1. The van der Waals surface area contributed by atoms with Crippen LogP contribution in [0.1, 0.15) is 213 Å². The van der Waals surface area contributed by atoms with Crippen molar-refractivity contribution in [3.8, 4) is 0 Å². The van der Waals surface area contributed by atoms with Crippen LogP contribution in [0.2, 0.25) is 0 Å². The second-order valence-corrected chi connectivity index (χ2v) is 17.4. The van der Waals surface area contributed by atoms with E-state index in [9.17, 15) is 14.3 Å². The number of nitrogens with two attached hydrogens (primary N) is 1. The summed E-state index contributed by atoms with van der Waals surface area (Å²) in [5.74, 6) is -0.342. The molecule has 0 aliphatic heterocycles. The summed E-state index contributed by atoms with van der Waals surface area (Å²) < 4.78 is 33.5. The van der Waals surface area contributed by atoms with Crippen LogP contribution in [0.4, 0.5) is 0 Å². The van der Waals surface area contributed by atoms with E-state index < -0.39 is 13.9 Å². The average molecular weight is 850 g/mol. The second-order valence-electron chi connectivity index (χ2n) is 16.0. The fourth-order valence-electron chi connectivity index (χ4n) is 6.56. The minimum absolute atomic E-state index is 0.0948. The lowest BCUT2D eigenvalue weighted by Crippen LogP contribution is -2.28. The molecule has 0 fully saturated rings. The predicted molar refractivity (Wildman–Crippen MR) is 252 cm³/mol. The maximum absolute atomic E-state index is 12.6. The Morgan fingerprint density at radius 2 is 0.898 bits per heavy atom. The fraction of sp³-hybridized carbons (Fsp3) is 0.780. The number of rotatable bonds is 46. The molecular formula is C50H92NO7P. The Hall–Kier alpha value is -1.80. The molecule has 0 aromatic carbocycles. The summed E-state index contributed by atoms with van der Waals surface area (Å²) in [5.41, 5.74) is 5.38. The quantitative estimate of drug-likeness (QED) is 0.0269. The Balaban J connectivity index is 4.02. The first-order chi connectivity index (χ1) is 28.9. The molecule has 0 spiro atoms. The van der Waals surface area contributed by atoms with Crippen LogP contribution < -0.4 is 5.73 Å². The van der Waals surface area contributed by atoms with E-state index >= 15 is 0 Å². The molecule has 0 rings (SSSR count). The summed E-state index contributed by atoms with van der Waals surface area (Å²) in [5, 5.41) is 0. The molecule has 0 heterocycles. The van der Waals surface area contributed by atoms with Gasteiger partial charge in [-0.1, -0.05) is 184 Å². The maximum atomic E-state index is 12.6. The lowest BCUT2D eigenvalue weighted by molar-refractivity contribution is -0.154. The van der Waals surface area contributed by atoms with Gasteiger partial charge in [0.15, 0.2) is 0 Å². The fourth-order valence-corrected chi connectivity index (χ4v) is 7.33. The van der Waals surface area contributed by atoms with Crippen LogP contribution in [0.5, 0.6) is 0 Å². The number of ether oxygens (including phenoxy) is 2. The molecule has 0 aliphatic carbocycles. The molecule has 0 saturated heterocycles. The molecule has 2 atom stereocenters. The van der Waals surface area contributed by atoms with Gasteiger partial charge in [0.1, 0.15) is 6.10 Å². The van der Waals surface area contributed by atoms with Gasteiger partial charge >= 0.3 is 13.8 Å². The zero-order chi connectivity index (χ0) is 43.0. The van der Waals surface area contributed by atoms with E-state index in [-0.39, 0.29) is 32.3 Å². The number of phosphoric ester groups is 1. The summed E-state index contributed by atoms with van der Waals surface area (Å²) in [6.07, 6.45) is 58.1. The lowest BCUT2D eigenvalue weighted by Gasteiger charge is -2.20. The highest BCUT2D eigenvalue weighted by molar-refractivity contribution is 7.47. The predicted octanol–water partition coefficient (Wildman–Crippen LogP) is 14.9. The van der Waals surface area contributed by atoms with Crippen LogP contribution in [0.3, 0.4) is 0 Å². The molecule has 3 N–H and O–H groups in total. The Bertz CT molecular complexity index is 1090. The third-order valence-electron chi connectivity index (χ3n) is 10.2. The molecule has 2 unspecified atom stereocenters. The Labute approximate surface area is 363 Å². The number of carbonyl (C=O) groups is 1. The van der Waals surface area contributed by atoms with Gasteiger partial charge in [-0.15, -0.1) is 0 Å². The first kappa shape index (κ1) is 57.2. The molecule has 0 bridgehead atoms. The van der Waals surface area contributed by atoms with Crippen LogP contribution in [0.15, 0.2) is 60.8 Å². The molecule has 0 aromatic heterocycles. The molecule has 0 aliphatic rings. The zero-order valence-corrected chi connectivity index (χ0v) is 39.1.